The minimum atomic E-state index is -0.259. The minimum Gasteiger partial charge on any atom is -0.371 e. The van der Waals surface area contributed by atoms with Crippen molar-refractivity contribution in [3.63, 3.8) is 0 Å². The maximum Gasteiger partial charge on any atom is 0.223 e. The summed E-state index contributed by atoms with van der Waals surface area (Å²) >= 11 is 0. The molecule has 3 rings (SSSR count). The van der Waals surface area contributed by atoms with Gasteiger partial charge in [0.1, 0.15) is 5.82 Å². The molecule has 2 aromatic carbocycles. The van der Waals surface area contributed by atoms with Crippen molar-refractivity contribution in [2.45, 2.75) is 32.7 Å². The smallest absolute Gasteiger partial charge is 0.223 e. The second-order valence-corrected chi connectivity index (χ2v) is 6.88. The van der Waals surface area contributed by atoms with E-state index >= 15 is 0 Å². The van der Waals surface area contributed by atoms with Crippen molar-refractivity contribution < 1.29 is 9.18 Å². The Morgan fingerprint density at radius 1 is 1.08 bits per heavy atom. The largest absolute Gasteiger partial charge is 0.371 e. The second-order valence-electron chi connectivity index (χ2n) is 6.88. The van der Waals surface area contributed by atoms with Gasteiger partial charge in [0, 0.05) is 24.7 Å². The third kappa shape index (κ3) is 4.38. The molecular formula is C21H25FN2O. The van der Waals surface area contributed by atoms with Gasteiger partial charge in [-0.15, -0.1) is 0 Å². The third-order valence-electron chi connectivity index (χ3n) is 4.99. The molecule has 1 fully saturated rings. The van der Waals surface area contributed by atoms with Crippen LogP contribution in [0.25, 0.3) is 0 Å². The van der Waals surface area contributed by atoms with E-state index in [4.69, 9.17) is 0 Å². The summed E-state index contributed by atoms with van der Waals surface area (Å²) in [6, 6.07) is 14.7. The number of nitrogens with zero attached hydrogens (tertiary/aromatic N) is 1. The van der Waals surface area contributed by atoms with Gasteiger partial charge in [-0.25, -0.2) is 4.39 Å². The Hall–Kier alpha value is -2.36. The van der Waals surface area contributed by atoms with Crippen LogP contribution in [-0.4, -0.2) is 19.0 Å². The fraction of sp³-hybridized carbons (Fsp3) is 0.381. The highest BCUT2D eigenvalue weighted by molar-refractivity contribution is 5.79. The Kier molecular flexibility index (Phi) is 5.37. The Morgan fingerprint density at radius 2 is 1.68 bits per heavy atom. The van der Waals surface area contributed by atoms with Gasteiger partial charge in [-0.3, -0.25) is 4.79 Å². The maximum atomic E-state index is 13.0. The molecule has 4 heteroatoms. The normalized spacial score (nSPS) is 16.5. The number of amides is 1. The number of carbonyl (C=O) groups excluding carboxylic acids is 1. The van der Waals surface area contributed by atoms with Gasteiger partial charge in [0.25, 0.3) is 0 Å². The quantitative estimate of drug-likeness (QED) is 0.903. The summed E-state index contributed by atoms with van der Waals surface area (Å²) in [4.78, 5) is 14.9. The Balaban J connectivity index is 1.52. The molecule has 0 unspecified atom stereocenters. The van der Waals surface area contributed by atoms with E-state index < -0.39 is 0 Å². The van der Waals surface area contributed by atoms with E-state index in [1.54, 1.807) is 12.1 Å². The van der Waals surface area contributed by atoms with Gasteiger partial charge in [0.2, 0.25) is 5.91 Å². The lowest BCUT2D eigenvalue weighted by atomic mass is 9.94. The fourth-order valence-electron chi connectivity index (χ4n) is 3.32. The van der Waals surface area contributed by atoms with Crippen LogP contribution in [0.15, 0.2) is 48.5 Å². The van der Waals surface area contributed by atoms with Crippen molar-refractivity contribution in [2.75, 3.05) is 18.0 Å². The number of hydrogen-bond acceptors (Lipinski definition) is 2. The fourth-order valence-corrected chi connectivity index (χ4v) is 3.32. The molecule has 1 atom stereocenters. The lowest BCUT2D eigenvalue weighted by Gasteiger charge is -2.33. The van der Waals surface area contributed by atoms with Crippen molar-refractivity contribution in [3.8, 4) is 0 Å². The summed E-state index contributed by atoms with van der Waals surface area (Å²) in [7, 11) is 0. The molecule has 1 saturated heterocycles. The van der Waals surface area contributed by atoms with Crippen LogP contribution in [0, 0.1) is 18.7 Å². The van der Waals surface area contributed by atoms with Gasteiger partial charge in [-0.2, -0.15) is 0 Å². The predicted molar refractivity (Wildman–Crippen MR) is 99.1 cm³/mol. The molecule has 25 heavy (non-hydrogen) atoms. The molecule has 1 N–H and O–H groups in total. The topological polar surface area (TPSA) is 32.3 Å². The summed E-state index contributed by atoms with van der Waals surface area (Å²) in [6.07, 6.45) is 1.71. The highest BCUT2D eigenvalue weighted by atomic mass is 19.1. The van der Waals surface area contributed by atoms with Gasteiger partial charge in [0.15, 0.2) is 0 Å². The number of nitrogens with one attached hydrogen (secondary N) is 1. The van der Waals surface area contributed by atoms with Crippen LogP contribution in [0.5, 0.6) is 0 Å². The van der Waals surface area contributed by atoms with Crippen LogP contribution in [0.2, 0.25) is 0 Å². The number of anilines is 1. The van der Waals surface area contributed by atoms with Gasteiger partial charge >= 0.3 is 0 Å². The molecule has 1 aliphatic heterocycles. The van der Waals surface area contributed by atoms with E-state index in [1.807, 2.05) is 6.92 Å². The Bertz CT molecular complexity index is 704. The molecule has 0 aromatic heterocycles. The van der Waals surface area contributed by atoms with E-state index in [0.29, 0.717) is 0 Å². The molecule has 1 heterocycles. The van der Waals surface area contributed by atoms with Crippen LogP contribution >= 0.6 is 0 Å². The second kappa shape index (κ2) is 7.68. The molecular weight excluding hydrogens is 315 g/mol. The maximum absolute atomic E-state index is 13.0. The predicted octanol–water partition coefficient (Wildman–Crippen LogP) is 4.23. The molecule has 1 amide bonds. The highest BCUT2D eigenvalue weighted by Crippen LogP contribution is 2.24. The number of hydrogen-bond donors (Lipinski definition) is 1. The van der Waals surface area contributed by atoms with Gasteiger partial charge in [-0.05, 0) is 56.5 Å². The summed E-state index contributed by atoms with van der Waals surface area (Å²) in [5.41, 5.74) is 3.41. The summed E-state index contributed by atoms with van der Waals surface area (Å²) in [6.45, 7) is 5.81. The molecule has 0 saturated carbocycles. The summed E-state index contributed by atoms with van der Waals surface area (Å²) in [5, 5.41) is 3.07. The summed E-state index contributed by atoms with van der Waals surface area (Å²) in [5.74, 6) is -0.115. The zero-order valence-corrected chi connectivity index (χ0v) is 14.8. The minimum absolute atomic E-state index is 0.0459. The molecule has 0 aliphatic carbocycles. The number of benzene rings is 2. The Labute approximate surface area is 148 Å². The third-order valence-corrected chi connectivity index (χ3v) is 4.99. The Morgan fingerprint density at radius 3 is 2.28 bits per heavy atom. The lowest BCUT2D eigenvalue weighted by molar-refractivity contribution is -0.126. The summed E-state index contributed by atoms with van der Waals surface area (Å²) < 4.78 is 13.0. The number of rotatable bonds is 4. The van der Waals surface area contributed by atoms with E-state index in [2.05, 4.69) is 41.4 Å². The van der Waals surface area contributed by atoms with Gasteiger partial charge in [0.05, 0.1) is 6.04 Å². The zero-order chi connectivity index (χ0) is 17.8. The van der Waals surface area contributed by atoms with E-state index in [1.165, 1.54) is 23.4 Å². The standard InChI is InChI=1S/C21H25FN2O/c1-15-3-9-20(10-4-15)24-13-11-18(12-14-24)21(25)23-16(2)17-5-7-19(22)8-6-17/h3-10,16,18H,11-14H2,1-2H3,(H,23,25)/t16-/m0/s1. The van der Waals surface area contributed by atoms with Crippen LogP contribution in [0.1, 0.15) is 36.9 Å². The number of carbonyl (C=O) groups is 1. The number of halogens is 1. The number of aryl methyl sites for hydroxylation is 1. The van der Waals surface area contributed by atoms with Crippen molar-refractivity contribution in [3.05, 3.63) is 65.5 Å². The molecule has 0 bridgehead atoms. The first-order chi connectivity index (χ1) is 12.0. The van der Waals surface area contributed by atoms with Crippen molar-refractivity contribution in [1.82, 2.24) is 5.32 Å². The SMILES string of the molecule is Cc1ccc(N2CCC(C(=O)N[C@@H](C)c3ccc(F)cc3)CC2)cc1. The lowest BCUT2D eigenvalue weighted by Crippen LogP contribution is -2.41. The van der Waals surface area contributed by atoms with Crippen LogP contribution in [-0.2, 0) is 4.79 Å². The first kappa shape index (κ1) is 17.5. The first-order valence-electron chi connectivity index (χ1n) is 8.90. The average Bonchev–Trinajstić information content (AvgIpc) is 2.63. The first-order valence-corrected chi connectivity index (χ1v) is 8.90. The highest BCUT2D eigenvalue weighted by Gasteiger charge is 2.26. The van der Waals surface area contributed by atoms with Crippen molar-refractivity contribution in [2.24, 2.45) is 5.92 Å². The van der Waals surface area contributed by atoms with Crippen LogP contribution in [0.3, 0.4) is 0 Å². The van der Waals surface area contributed by atoms with Gasteiger partial charge < -0.3 is 10.2 Å². The molecule has 132 valence electrons. The van der Waals surface area contributed by atoms with Gasteiger partial charge in [-0.1, -0.05) is 29.8 Å². The molecule has 3 nitrogen and oxygen atoms in total. The zero-order valence-electron chi connectivity index (χ0n) is 14.8. The van der Waals surface area contributed by atoms with Crippen LogP contribution < -0.4 is 10.2 Å². The number of piperidine rings is 1. The van der Waals surface area contributed by atoms with E-state index in [9.17, 15) is 9.18 Å². The van der Waals surface area contributed by atoms with Crippen molar-refractivity contribution in [1.29, 1.82) is 0 Å². The molecule has 2 aromatic rings. The average molecular weight is 340 g/mol. The molecule has 0 radical (unpaired) electrons. The molecule has 0 spiro atoms. The van der Waals surface area contributed by atoms with E-state index in [0.717, 1.165) is 31.5 Å². The monoisotopic (exact) mass is 340 g/mol. The van der Waals surface area contributed by atoms with E-state index in [-0.39, 0.29) is 23.7 Å². The van der Waals surface area contributed by atoms with Crippen LogP contribution in [0.4, 0.5) is 10.1 Å². The molecule has 1 aliphatic rings. The van der Waals surface area contributed by atoms with Crippen molar-refractivity contribution >= 4 is 11.6 Å².